The van der Waals surface area contributed by atoms with Crippen LogP contribution in [0.3, 0.4) is 0 Å². The highest BCUT2D eigenvalue weighted by atomic mass is 19.1. The Morgan fingerprint density at radius 3 is 2.53 bits per heavy atom. The van der Waals surface area contributed by atoms with E-state index in [9.17, 15) is 14.3 Å². The van der Waals surface area contributed by atoms with Crippen LogP contribution in [-0.4, -0.2) is 41.2 Å². The van der Waals surface area contributed by atoms with Gasteiger partial charge in [-0.2, -0.15) is 0 Å². The number of aliphatic hydroxyl groups excluding tert-OH is 1. The molecule has 3 aromatic rings. The number of halogens is 1. The van der Waals surface area contributed by atoms with E-state index in [4.69, 9.17) is 14.6 Å². The van der Waals surface area contributed by atoms with E-state index >= 15 is 0 Å². The van der Waals surface area contributed by atoms with Crippen LogP contribution in [0.5, 0.6) is 5.75 Å². The third-order valence-electron chi connectivity index (χ3n) is 6.59. The summed E-state index contributed by atoms with van der Waals surface area (Å²) in [6.45, 7) is 10.2. The van der Waals surface area contributed by atoms with Crippen LogP contribution >= 0.6 is 0 Å². The number of benzene rings is 3. The van der Waals surface area contributed by atoms with Crippen LogP contribution in [0.4, 0.5) is 9.18 Å². The molecule has 0 aliphatic heterocycles. The average Bonchev–Trinajstić information content (AvgIpc) is 2.88. The van der Waals surface area contributed by atoms with Crippen molar-refractivity contribution in [2.45, 2.75) is 65.2 Å². The van der Waals surface area contributed by atoms with Crippen LogP contribution in [0, 0.1) is 12.7 Å². The first-order valence-corrected chi connectivity index (χ1v) is 12.9. The first-order valence-electron chi connectivity index (χ1n) is 12.9. The number of aryl methyl sites for hydroxylation is 2. The van der Waals surface area contributed by atoms with Crippen molar-refractivity contribution in [2.75, 3.05) is 13.2 Å². The summed E-state index contributed by atoms with van der Waals surface area (Å²) in [5, 5.41) is 23.0. The van der Waals surface area contributed by atoms with Crippen molar-refractivity contribution in [1.29, 1.82) is 0 Å². The second kappa shape index (κ2) is 13.0. The molecule has 0 fully saturated rings. The number of rotatable bonds is 12. The van der Waals surface area contributed by atoms with Gasteiger partial charge < -0.3 is 25.0 Å². The molecule has 7 heteroatoms. The minimum Gasteiger partial charge on any atom is -0.449 e. The molecule has 204 valence electrons. The predicted molar refractivity (Wildman–Crippen MR) is 147 cm³/mol. The molecule has 0 radical (unpaired) electrons. The van der Waals surface area contributed by atoms with Crippen molar-refractivity contribution in [3.05, 3.63) is 88.7 Å². The molecular formula is C31H38FNO5. The summed E-state index contributed by atoms with van der Waals surface area (Å²) in [7, 11) is 0. The number of aliphatic hydroxyl groups is 1. The first-order chi connectivity index (χ1) is 18.0. The molecule has 3 rings (SSSR count). The fraction of sp³-hybridized carbons (Fsp3) is 0.387. The maximum Gasteiger partial charge on any atom is 0.511 e. The Morgan fingerprint density at radius 1 is 1.11 bits per heavy atom. The fourth-order valence-electron chi connectivity index (χ4n) is 4.45. The van der Waals surface area contributed by atoms with Gasteiger partial charge in [-0.1, -0.05) is 49.4 Å². The van der Waals surface area contributed by atoms with Gasteiger partial charge in [-0.25, -0.2) is 9.18 Å². The molecule has 2 atom stereocenters. The zero-order chi connectivity index (χ0) is 27.9. The number of hydrogen-bond donors (Lipinski definition) is 3. The third-order valence-corrected chi connectivity index (χ3v) is 6.59. The monoisotopic (exact) mass is 523 g/mol. The Bertz CT molecular complexity index is 1240. The van der Waals surface area contributed by atoms with Gasteiger partial charge in [0.15, 0.2) is 0 Å². The molecule has 0 aliphatic rings. The van der Waals surface area contributed by atoms with E-state index in [1.54, 1.807) is 25.1 Å². The van der Waals surface area contributed by atoms with Crippen LogP contribution in [0.15, 0.2) is 60.7 Å². The van der Waals surface area contributed by atoms with Crippen LogP contribution in [0.25, 0.3) is 11.1 Å². The van der Waals surface area contributed by atoms with Crippen LogP contribution in [0.2, 0.25) is 0 Å². The van der Waals surface area contributed by atoms with Crippen molar-refractivity contribution in [3.8, 4) is 16.9 Å². The highest BCUT2D eigenvalue weighted by Crippen LogP contribution is 2.33. The molecule has 0 saturated carbocycles. The lowest BCUT2D eigenvalue weighted by molar-refractivity contribution is -0.00397. The SMILES string of the molecule is CCc1cc(-c2ccccc2C(C)OC[C@H](O)CNC(C)(C)Cc2ccc(C)c(F)c2)ccc1OC(=O)O. The molecular weight excluding hydrogens is 485 g/mol. The molecule has 0 spiro atoms. The summed E-state index contributed by atoms with van der Waals surface area (Å²) in [6.07, 6.45) is -1.10. The molecule has 0 saturated heterocycles. The molecule has 38 heavy (non-hydrogen) atoms. The standard InChI is InChI=1S/C31H38FNO5/c1-6-23-16-24(13-14-29(23)38-30(35)36)27-10-8-7-9-26(27)21(3)37-19-25(34)18-33-31(4,5)17-22-12-11-20(2)28(32)15-22/h7-16,21,25,33-34H,6,17-19H2,1-5H3,(H,35,36)/t21?,25-/m1/s1. The van der Waals surface area contributed by atoms with Gasteiger partial charge in [0.25, 0.3) is 0 Å². The highest BCUT2D eigenvalue weighted by molar-refractivity contribution is 5.71. The van der Waals surface area contributed by atoms with Gasteiger partial charge in [0.05, 0.1) is 18.8 Å². The van der Waals surface area contributed by atoms with Gasteiger partial charge in [0.2, 0.25) is 0 Å². The van der Waals surface area contributed by atoms with E-state index in [1.807, 2.05) is 70.2 Å². The van der Waals surface area contributed by atoms with Gasteiger partial charge in [-0.3, -0.25) is 0 Å². The summed E-state index contributed by atoms with van der Waals surface area (Å²) in [5.41, 5.74) is 4.84. The number of carbonyl (C=O) groups is 1. The van der Waals surface area contributed by atoms with Gasteiger partial charge in [0, 0.05) is 12.1 Å². The first kappa shape index (κ1) is 29.3. The fourth-order valence-corrected chi connectivity index (χ4v) is 4.45. The Balaban J connectivity index is 1.61. The second-order valence-electron chi connectivity index (χ2n) is 10.3. The Labute approximate surface area is 224 Å². The Morgan fingerprint density at radius 2 is 1.84 bits per heavy atom. The molecule has 3 N–H and O–H groups in total. The van der Waals surface area contributed by atoms with Crippen molar-refractivity contribution in [3.63, 3.8) is 0 Å². The molecule has 0 heterocycles. The Kier molecular flexibility index (Phi) is 10.0. The Hall–Kier alpha value is -3.26. The predicted octanol–water partition coefficient (Wildman–Crippen LogP) is 6.47. The van der Waals surface area contributed by atoms with Crippen molar-refractivity contribution in [2.24, 2.45) is 0 Å². The summed E-state index contributed by atoms with van der Waals surface area (Å²) in [4.78, 5) is 11.0. The average molecular weight is 524 g/mol. The van der Waals surface area contributed by atoms with Crippen LogP contribution in [-0.2, 0) is 17.6 Å². The topological polar surface area (TPSA) is 88.0 Å². The van der Waals surface area contributed by atoms with Crippen LogP contribution < -0.4 is 10.1 Å². The number of carboxylic acid groups (broad SMARTS) is 1. The zero-order valence-corrected chi connectivity index (χ0v) is 22.8. The molecule has 0 bridgehead atoms. The molecule has 3 aromatic carbocycles. The molecule has 0 aromatic heterocycles. The lowest BCUT2D eigenvalue weighted by atomic mass is 9.94. The van der Waals surface area contributed by atoms with Gasteiger partial charge in [0.1, 0.15) is 11.6 Å². The largest absolute Gasteiger partial charge is 0.511 e. The number of ether oxygens (including phenoxy) is 2. The number of β-amino-alcohol motifs (C(OH)–C–C–N with tert-alkyl or cyclic N) is 1. The maximum absolute atomic E-state index is 13.9. The minimum atomic E-state index is -1.34. The second-order valence-corrected chi connectivity index (χ2v) is 10.3. The summed E-state index contributed by atoms with van der Waals surface area (Å²) < 4.78 is 24.9. The number of nitrogens with one attached hydrogen (secondary N) is 1. The lowest BCUT2D eigenvalue weighted by Gasteiger charge is -2.28. The van der Waals surface area contributed by atoms with E-state index in [2.05, 4.69) is 5.32 Å². The van der Waals surface area contributed by atoms with Crippen LogP contribution in [0.1, 0.15) is 56.1 Å². The quantitative estimate of drug-likeness (QED) is 0.186. The number of hydrogen-bond acceptors (Lipinski definition) is 5. The smallest absolute Gasteiger partial charge is 0.449 e. The third kappa shape index (κ3) is 8.12. The van der Waals surface area contributed by atoms with E-state index in [0.717, 1.165) is 27.8 Å². The van der Waals surface area contributed by atoms with Crippen molar-refractivity contribution >= 4 is 6.16 Å². The zero-order valence-electron chi connectivity index (χ0n) is 22.8. The molecule has 1 unspecified atom stereocenters. The minimum absolute atomic E-state index is 0.142. The van der Waals surface area contributed by atoms with E-state index < -0.39 is 12.3 Å². The van der Waals surface area contributed by atoms with Crippen molar-refractivity contribution in [1.82, 2.24) is 5.32 Å². The summed E-state index contributed by atoms with van der Waals surface area (Å²) in [5.74, 6) is 0.119. The molecule has 0 amide bonds. The highest BCUT2D eigenvalue weighted by Gasteiger charge is 2.21. The lowest BCUT2D eigenvalue weighted by Crippen LogP contribution is -2.46. The molecule has 6 nitrogen and oxygen atoms in total. The summed E-state index contributed by atoms with van der Waals surface area (Å²) >= 11 is 0. The van der Waals surface area contributed by atoms with E-state index in [-0.39, 0.29) is 24.1 Å². The summed E-state index contributed by atoms with van der Waals surface area (Å²) in [6, 6.07) is 18.6. The molecule has 0 aliphatic carbocycles. The normalized spacial score (nSPS) is 13.2. The van der Waals surface area contributed by atoms with Gasteiger partial charge >= 0.3 is 6.16 Å². The van der Waals surface area contributed by atoms with Crippen molar-refractivity contribution < 1.29 is 28.9 Å². The maximum atomic E-state index is 13.9. The van der Waals surface area contributed by atoms with E-state index in [1.165, 1.54) is 0 Å². The van der Waals surface area contributed by atoms with Gasteiger partial charge in [-0.05, 0) is 92.1 Å². The van der Waals surface area contributed by atoms with E-state index in [0.29, 0.717) is 30.7 Å². The van der Waals surface area contributed by atoms with Gasteiger partial charge in [-0.15, -0.1) is 0 Å².